The molecule has 2 fully saturated rings. The number of hydrazone groups is 1. The fraction of sp³-hybridized carbons (Fsp3) is 0.474. The number of fused-ring (bicyclic) bond motifs is 2. The minimum Gasteiger partial charge on any atom is -0.253 e. The van der Waals surface area contributed by atoms with Crippen LogP contribution in [0.2, 0.25) is 0 Å². The number of hydrogen-bond donors (Lipinski definition) is 1. The molecule has 2 saturated carbocycles. The van der Waals surface area contributed by atoms with Gasteiger partial charge in [0, 0.05) is 25.6 Å². The van der Waals surface area contributed by atoms with Crippen LogP contribution in [0.15, 0.2) is 34.7 Å². The van der Waals surface area contributed by atoms with E-state index in [0.29, 0.717) is 5.41 Å². The number of aromatic nitrogens is 1. The predicted molar refractivity (Wildman–Crippen MR) is 111 cm³/mol. The first kappa shape index (κ1) is 16.5. The van der Waals surface area contributed by atoms with Crippen molar-refractivity contribution in [3.63, 3.8) is 0 Å². The molecule has 2 unspecified atom stereocenters. The minimum atomic E-state index is 0.237. The van der Waals surface area contributed by atoms with Crippen LogP contribution >= 0.6 is 33.9 Å². The zero-order chi connectivity index (χ0) is 16.9. The first-order valence-electron chi connectivity index (χ1n) is 8.45. The molecule has 2 aliphatic rings. The summed E-state index contributed by atoms with van der Waals surface area (Å²) >= 11 is 3.94. The van der Waals surface area contributed by atoms with Gasteiger partial charge in [0.2, 0.25) is 5.13 Å². The molecule has 5 heteroatoms. The topological polar surface area (TPSA) is 37.3 Å². The number of benzene rings is 1. The lowest BCUT2D eigenvalue weighted by molar-refractivity contribution is 0.194. The molecule has 2 atom stereocenters. The maximum absolute atomic E-state index is 4.78. The van der Waals surface area contributed by atoms with E-state index in [2.05, 4.69) is 78.4 Å². The lowest BCUT2D eigenvalue weighted by atomic mass is 9.70. The van der Waals surface area contributed by atoms with Crippen molar-refractivity contribution in [3.8, 4) is 11.3 Å². The Morgan fingerprint density at radius 2 is 2.00 bits per heavy atom. The van der Waals surface area contributed by atoms with Gasteiger partial charge < -0.3 is 0 Å². The lowest BCUT2D eigenvalue weighted by Crippen LogP contribution is -2.32. The first-order chi connectivity index (χ1) is 11.4. The van der Waals surface area contributed by atoms with Gasteiger partial charge in [-0.2, -0.15) is 5.10 Å². The van der Waals surface area contributed by atoms with Crippen molar-refractivity contribution >= 4 is 44.8 Å². The van der Waals surface area contributed by atoms with Crippen molar-refractivity contribution in [2.45, 2.75) is 40.0 Å². The predicted octanol–water partition coefficient (Wildman–Crippen LogP) is 6.03. The van der Waals surface area contributed by atoms with E-state index in [-0.39, 0.29) is 5.41 Å². The first-order valence-corrected chi connectivity index (χ1v) is 10.4. The van der Waals surface area contributed by atoms with Crippen LogP contribution in [0.25, 0.3) is 11.3 Å². The van der Waals surface area contributed by atoms with Crippen molar-refractivity contribution in [2.75, 3.05) is 5.43 Å². The molecule has 2 aromatic rings. The standard InChI is InChI=1S/C19H22IN3S/c1-18(2)13-8-9-19(18,3)16(10-13)22-23-17-21-15(11-24-17)12-4-6-14(20)7-5-12/h4-7,11,13H,8-10H2,1-3H3,(H,21,23)/b22-16+. The third-order valence-corrected chi connectivity index (χ3v) is 7.91. The van der Waals surface area contributed by atoms with Crippen LogP contribution in [0.4, 0.5) is 5.13 Å². The highest BCUT2D eigenvalue weighted by Crippen LogP contribution is 2.63. The maximum atomic E-state index is 4.78. The molecule has 0 radical (unpaired) electrons. The monoisotopic (exact) mass is 451 g/mol. The minimum absolute atomic E-state index is 0.237. The van der Waals surface area contributed by atoms with Gasteiger partial charge in [-0.05, 0) is 65.3 Å². The molecule has 0 saturated heterocycles. The van der Waals surface area contributed by atoms with Crippen LogP contribution in [0.5, 0.6) is 0 Å². The Morgan fingerprint density at radius 1 is 1.25 bits per heavy atom. The number of halogens is 1. The second kappa shape index (κ2) is 5.80. The van der Waals surface area contributed by atoms with Crippen LogP contribution in [0.1, 0.15) is 40.0 Å². The molecule has 1 heterocycles. The third-order valence-electron chi connectivity index (χ3n) is 6.44. The number of thiazole rings is 1. The molecule has 2 aliphatic carbocycles. The molecule has 1 aromatic carbocycles. The van der Waals surface area contributed by atoms with Crippen LogP contribution in [0, 0.1) is 20.3 Å². The van der Waals surface area contributed by atoms with Gasteiger partial charge in [0.15, 0.2) is 0 Å². The Labute approximate surface area is 161 Å². The number of anilines is 1. The zero-order valence-corrected chi connectivity index (χ0v) is 17.2. The van der Waals surface area contributed by atoms with Crippen molar-refractivity contribution in [2.24, 2.45) is 21.8 Å². The van der Waals surface area contributed by atoms with E-state index in [1.807, 2.05) is 0 Å². The summed E-state index contributed by atoms with van der Waals surface area (Å²) in [6.07, 6.45) is 3.74. The summed E-state index contributed by atoms with van der Waals surface area (Å²) in [6.45, 7) is 7.20. The van der Waals surface area contributed by atoms with E-state index in [9.17, 15) is 0 Å². The van der Waals surface area contributed by atoms with E-state index in [1.165, 1.54) is 22.1 Å². The van der Waals surface area contributed by atoms with E-state index < -0.39 is 0 Å². The summed E-state index contributed by atoms with van der Waals surface area (Å²) in [5.74, 6) is 0.779. The smallest absolute Gasteiger partial charge is 0.203 e. The Hall–Kier alpha value is -0.950. The summed E-state index contributed by atoms with van der Waals surface area (Å²) in [7, 11) is 0. The number of hydrogen-bond acceptors (Lipinski definition) is 4. The third kappa shape index (κ3) is 2.51. The molecule has 0 amide bonds. The van der Waals surface area contributed by atoms with E-state index in [0.717, 1.165) is 28.7 Å². The Kier molecular flexibility index (Phi) is 3.99. The average Bonchev–Trinajstić information content (AvgIpc) is 3.16. The van der Waals surface area contributed by atoms with Gasteiger partial charge in [-0.3, -0.25) is 5.43 Å². The van der Waals surface area contributed by atoms with Gasteiger partial charge >= 0.3 is 0 Å². The summed E-state index contributed by atoms with van der Waals surface area (Å²) in [5, 5.41) is 7.75. The van der Waals surface area contributed by atoms with Crippen molar-refractivity contribution in [3.05, 3.63) is 33.2 Å². The van der Waals surface area contributed by atoms with Gasteiger partial charge in [0.1, 0.15) is 0 Å². The van der Waals surface area contributed by atoms with Crippen LogP contribution in [-0.2, 0) is 0 Å². The van der Waals surface area contributed by atoms with Gasteiger partial charge in [-0.15, -0.1) is 11.3 Å². The molecule has 1 aromatic heterocycles. The average molecular weight is 451 g/mol. The summed E-state index contributed by atoms with van der Waals surface area (Å²) in [6, 6.07) is 8.46. The number of nitrogens with one attached hydrogen (secondary N) is 1. The molecule has 2 bridgehead atoms. The normalized spacial score (nSPS) is 29.3. The van der Waals surface area contributed by atoms with Crippen molar-refractivity contribution in [1.29, 1.82) is 0 Å². The summed E-state index contributed by atoms with van der Waals surface area (Å²) in [5.41, 5.74) is 7.32. The van der Waals surface area contributed by atoms with Gasteiger partial charge in [-0.25, -0.2) is 4.98 Å². The number of nitrogens with zero attached hydrogens (tertiary/aromatic N) is 2. The van der Waals surface area contributed by atoms with E-state index in [4.69, 9.17) is 10.1 Å². The molecule has 3 nitrogen and oxygen atoms in total. The quantitative estimate of drug-likeness (QED) is 0.457. The highest BCUT2D eigenvalue weighted by atomic mass is 127. The molecular weight excluding hydrogens is 429 g/mol. The highest BCUT2D eigenvalue weighted by Gasteiger charge is 2.59. The van der Waals surface area contributed by atoms with Crippen LogP contribution < -0.4 is 5.43 Å². The number of rotatable bonds is 3. The fourth-order valence-electron chi connectivity index (χ4n) is 4.29. The van der Waals surface area contributed by atoms with Gasteiger partial charge in [0.05, 0.1) is 5.69 Å². The summed E-state index contributed by atoms with van der Waals surface area (Å²) < 4.78 is 1.24. The molecule has 4 rings (SSSR count). The fourth-order valence-corrected chi connectivity index (χ4v) is 5.31. The Bertz CT molecular complexity index is 793. The SMILES string of the molecule is CC12CCC(C/C1=N\Nc1nc(-c3ccc(I)cc3)cs1)C2(C)C. The van der Waals surface area contributed by atoms with Crippen molar-refractivity contribution < 1.29 is 0 Å². The highest BCUT2D eigenvalue weighted by molar-refractivity contribution is 14.1. The Morgan fingerprint density at radius 3 is 2.62 bits per heavy atom. The molecule has 0 spiro atoms. The zero-order valence-electron chi connectivity index (χ0n) is 14.3. The second-order valence-electron chi connectivity index (χ2n) is 7.71. The summed E-state index contributed by atoms with van der Waals surface area (Å²) in [4.78, 5) is 4.69. The maximum Gasteiger partial charge on any atom is 0.203 e. The largest absolute Gasteiger partial charge is 0.253 e. The van der Waals surface area contributed by atoms with Crippen LogP contribution in [0.3, 0.4) is 0 Å². The van der Waals surface area contributed by atoms with Gasteiger partial charge in [0.25, 0.3) is 0 Å². The lowest BCUT2D eigenvalue weighted by Gasteiger charge is -2.34. The molecule has 1 N–H and O–H groups in total. The van der Waals surface area contributed by atoms with E-state index in [1.54, 1.807) is 11.3 Å². The van der Waals surface area contributed by atoms with Crippen molar-refractivity contribution in [1.82, 2.24) is 4.98 Å². The molecule has 126 valence electrons. The van der Waals surface area contributed by atoms with E-state index >= 15 is 0 Å². The van der Waals surface area contributed by atoms with Crippen LogP contribution in [-0.4, -0.2) is 10.7 Å². The molecule has 0 aliphatic heterocycles. The Balaban J connectivity index is 1.52. The van der Waals surface area contributed by atoms with Gasteiger partial charge in [-0.1, -0.05) is 32.9 Å². The molecule has 24 heavy (non-hydrogen) atoms. The molecular formula is C19H22IN3S. The second-order valence-corrected chi connectivity index (χ2v) is 9.81.